The van der Waals surface area contributed by atoms with Gasteiger partial charge in [-0.3, -0.25) is 0 Å². The van der Waals surface area contributed by atoms with Crippen molar-refractivity contribution < 1.29 is 14.6 Å². The summed E-state index contributed by atoms with van der Waals surface area (Å²) in [6.07, 6.45) is -0.685. The van der Waals surface area contributed by atoms with Crippen LogP contribution in [0.15, 0.2) is 46.9 Å². The first-order valence-corrected chi connectivity index (χ1v) is 6.37. The summed E-state index contributed by atoms with van der Waals surface area (Å²) in [5.41, 5.74) is 1.61. The Balaban J connectivity index is 1.98. The predicted molar refractivity (Wildman–Crippen MR) is 70.8 cm³/mol. The fourth-order valence-electron chi connectivity index (χ4n) is 1.96. The van der Waals surface area contributed by atoms with Crippen LogP contribution in [0.2, 0.25) is 0 Å². The Morgan fingerprint density at radius 3 is 2.67 bits per heavy atom. The zero-order chi connectivity index (χ0) is 12.5. The quantitative estimate of drug-likeness (QED) is 0.925. The van der Waals surface area contributed by atoms with Crippen molar-refractivity contribution in [3.8, 4) is 11.5 Å². The van der Waals surface area contributed by atoms with E-state index in [1.807, 2.05) is 42.5 Å². The minimum Gasteiger partial charge on any atom is -0.454 e. The molecule has 92 valence electrons. The van der Waals surface area contributed by atoms with Crippen molar-refractivity contribution in [2.45, 2.75) is 6.10 Å². The highest BCUT2D eigenvalue weighted by atomic mass is 79.9. The largest absolute Gasteiger partial charge is 0.454 e. The molecule has 18 heavy (non-hydrogen) atoms. The first kappa shape index (κ1) is 11.6. The van der Waals surface area contributed by atoms with E-state index in [1.165, 1.54) is 0 Å². The van der Waals surface area contributed by atoms with Crippen LogP contribution in [0, 0.1) is 0 Å². The van der Waals surface area contributed by atoms with Crippen molar-refractivity contribution in [3.63, 3.8) is 0 Å². The molecule has 0 bridgehead atoms. The van der Waals surface area contributed by atoms with Gasteiger partial charge < -0.3 is 14.6 Å². The maximum absolute atomic E-state index is 10.4. The van der Waals surface area contributed by atoms with E-state index in [1.54, 1.807) is 0 Å². The molecule has 0 unspecified atom stereocenters. The highest BCUT2D eigenvalue weighted by Crippen LogP contribution is 2.36. The van der Waals surface area contributed by atoms with Gasteiger partial charge >= 0.3 is 0 Å². The molecule has 1 heterocycles. The number of aliphatic hydroxyl groups is 1. The normalized spacial score (nSPS) is 14.6. The fraction of sp³-hybridized carbons (Fsp3) is 0.143. The van der Waals surface area contributed by atoms with Crippen molar-refractivity contribution in [1.29, 1.82) is 0 Å². The Morgan fingerprint density at radius 2 is 1.83 bits per heavy atom. The molecule has 0 saturated carbocycles. The van der Waals surface area contributed by atoms with Crippen LogP contribution in [0.4, 0.5) is 0 Å². The molecule has 0 aliphatic carbocycles. The second-order valence-corrected chi connectivity index (χ2v) is 4.89. The van der Waals surface area contributed by atoms with Gasteiger partial charge in [0.1, 0.15) is 6.10 Å². The van der Waals surface area contributed by atoms with Gasteiger partial charge in [-0.25, -0.2) is 0 Å². The number of hydrogen-bond donors (Lipinski definition) is 1. The zero-order valence-corrected chi connectivity index (χ0v) is 11.1. The summed E-state index contributed by atoms with van der Waals surface area (Å²) >= 11 is 3.44. The molecule has 1 aliphatic rings. The second kappa shape index (κ2) is 4.63. The molecule has 3 rings (SSSR count). The first-order valence-electron chi connectivity index (χ1n) is 5.58. The summed E-state index contributed by atoms with van der Waals surface area (Å²) in [5.74, 6) is 1.40. The molecule has 1 N–H and O–H groups in total. The first-order chi connectivity index (χ1) is 8.75. The van der Waals surface area contributed by atoms with Crippen molar-refractivity contribution >= 4 is 15.9 Å². The molecule has 2 aromatic rings. The smallest absolute Gasteiger partial charge is 0.231 e. The standard InChI is InChI=1S/C14H11BrO3/c15-11-4-2-1-3-10(11)14(16)9-5-6-12-13(7-9)18-8-17-12/h1-7,14,16H,8H2/t14-/m1/s1. The SMILES string of the molecule is O[C@H](c1ccc2c(c1)OCO2)c1ccccc1Br. The summed E-state index contributed by atoms with van der Waals surface area (Å²) in [7, 11) is 0. The lowest BCUT2D eigenvalue weighted by molar-refractivity contribution is 0.173. The lowest BCUT2D eigenvalue weighted by Crippen LogP contribution is -2.00. The highest BCUT2D eigenvalue weighted by molar-refractivity contribution is 9.10. The second-order valence-electron chi connectivity index (χ2n) is 4.04. The molecular weight excluding hydrogens is 296 g/mol. The molecule has 4 heteroatoms. The maximum atomic E-state index is 10.4. The van der Waals surface area contributed by atoms with Gasteiger partial charge in [-0.2, -0.15) is 0 Å². The van der Waals surface area contributed by atoms with Gasteiger partial charge in [0.15, 0.2) is 11.5 Å². The minimum absolute atomic E-state index is 0.240. The van der Waals surface area contributed by atoms with Gasteiger partial charge in [-0.15, -0.1) is 0 Å². The van der Waals surface area contributed by atoms with Gasteiger partial charge in [0.25, 0.3) is 0 Å². The van der Waals surface area contributed by atoms with E-state index in [-0.39, 0.29) is 6.79 Å². The molecule has 1 aliphatic heterocycles. The third kappa shape index (κ3) is 1.98. The van der Waals surface area contributed by atoms with Crippen molar-refractivity contribution in [3.05, 3.63) is 58.1 Å². The van der Waals surface area contributed by atoms with E-state index >= 15 is 0 Å². The van der Waals surface area contributed by atoms with E-state index < -0.39 is 6.10 Å². The lowest BCUT2D eigenvalue weighted by Gasteiger charge is -2.13. The van der Waals surface area contributed by atoms with Crippen LogP contribution >= 0.6 is 15.9 Å². The summed E-state index contributed by atoms with van der Waals surface area (Å²) in [6, 6.07) is 13.1. The molecule has 0 amide bonds. The van der Waals surface area contributed by atoms with E-state index in [0.717, 1.165) is 21.3 Å². The average molecular weight is 307 g/mol. The van der Waals surface area contributed by atoms with Gasteiger partial charge in [0.05, 0.1) is 0 Å². The Hall–Kier alpha value is -1.52. The number of hydrogen-bond acceptors (Lipinski definition) is 3. The van der Waals surface area contributed by atoms with Crippen molar-refractivity contribution in [2.75, 3.05) is 6.79 Å². The summed E-state index contributed by atoms with van der Waals surface area (Å²) < 4.78 is 11.4. The number of rotatable bonds is 2. The van der Waals surface area contributed by atoms with Gasteiger partial charge in [-0.05, 0) is 29.3 Å². The van der Waals surface area contributed by atoms with Crippen LogP contribution in [0.3, 0.4) is 0 Å². The minimum atomic E-state index is -0.685. The summed E-state index contributed by atoms with van der Waals surface area (Å²) in [4.78, 5) is 0. The van der Waals surface area contributed by atoms with Crippen LogP contribution in [0.5, 0.6) is 11.5 Å². The molecule has 0 spiro atoms. The molecule has 0 fully saturated rings. The lowest BCUT2D eigenvalue weighted by atomic mass is 10.0. The van der Waals surface area contributed by atoms with Gasteiger partial charge in [-0.1, -0.05) is 40.2 Å². The van der Waals surface area contributed by atoms with Crippen LogP contribution in [-0.4, -0.2) is 11.9 Å². The molecule has 1 atom stereocenters. The summed E-state index contributed by atoms with van der Waals surface area (Å²) in [5, 5.41) is 10.4. The van der Waals surface area contributed by atoms with Gasteiger partial charge in [0.2, 0.25) is 6.79 Å². The monoisotopic (exact) mass is 306 g/mol. The molecule has 3 nitrogen and oxygen atoms in total. The third-order valence-electron chi connectivity index (χ3n) is 2.91. The number of benzene rings is 2. The third-order valence-corrected chi connectivity index (χ3v) is 3.63. The Bertz CT molecular complexity index is 583. The van der Waals surface area contributed by atoms with E-state index in [0.29, 0.717) is 5.75 Å². The molecule has 2 aromatic carbocycles. The van der Waals surface area contributed by atoms with Crippen molar-refractivity contribution in [2.24, 2.45) is 0 Å². The topological polar surface area (TPSA) is 38.7 Å². The van der Waals surface area contributed by atoms with Crippen molar-refractivity contribution in [1.82, 2.24) is 0 Å². The Kier molecular flexibility index (Phi) is 2.97. The van der Waals surface area contributed by atoms with Crippen LogP contribution in [0.25, 0.3) is 0 Å². The van der Waals surface area contributed by atoms with Crippen LogP contribution < -0.4 is 9.47 Å². The number of ether oxygens (including phenoxy) is 2. The maximum Gasteiger partial charge on any atom is 0.231 e. The summed E-state index contributed by atoms with van der Waals surface area (Å²) in [6.45, 7) is 0.240. The van der Waals surface area contributed by atoms with Crippen LogP contribution in [-0.2, 0) is 0 Å². The molecule has 0 saturated heterocycles. The van der Waals surface area contributed by atoms with E-state index in [2.05, 4.69) is 15.9 Å². The Morgan fingerprint density at radius 1 is 1.06 bits per heavy atom. The highest BCUT2D eigenvalue weighted by Gasteiger charge is 2.18. The Labute approximate surface area is 113 Å². The zero-order valence-electron chi connectivity index (χ0n) is 9.47. The number of fused-ring (bicyclic) bond motifs is 1. The molecule has 0 radical (unpaired) electrons. The van der Waals surface area contributed by atoms with E-state index in [4.69, 9.17) is 9.47 Å². The average Bonchev–Trinajstić information content (AvgIpc) is 2.85. The number of halogens is 1. The fourth-order valence-corrected chi connectivity index (χ4v) is 2.46. The van der Waals surface area contributed by atoms with E-state index in [9.17, 15) is 5.11 Å². The predicted octanol–water partition coefficient (Wildman–Crippen LogP) is 3.26. The molecular formula is C14H11BrO3. The molecule has 0 aromatic heterocycles. The van der Waals surface area contributed by atoms with Crippen LogP contribution in [0.1, 0.15) is 17.2 Å². The van der Waals surface area contributed by atoms with Gasteiger partial charge in [0, 0.05) is 4.47 Å². The number of aliphatic hydroxyl groups excluding tert-OH is 1.